The van der Waals surface area contributed by atoms with E-state index < -0.39 is 0 Å². The maximum Gasteiger partial charge on any atom is 0.228 e. The van der Waals surface area contributed by atoms with Crippen LogP contribution >= 0.6 is 0 Å². The van der Waals surface area contributed by atoms with Crippen LogP contribution in [0.15, 0.2) is 42.6 Å². The van der Waals surface area contributed by atoms with E-state index in [4.69, 9.17) is 0 Å². The fourth-order valence-electron chi connectivity index (χ4n) is 4.75. The molecule has 3 heterocycles. The summed E-state index contributed by atoms with van der Waals surface area (Å²) in [7, 11) is 0. The van der Waals surface area contributed by atoms with Crippen LogP contribution in [0.3, 0.4) is 0 Å². The normalized spacial score (nSPS) is 19.1. The SMILES string of the molecule is Cc1ccnc(NC(=O)C2CCN(C(=O)C3CCCN(C(=O)Cc4ccc(F)cc4)C3)CC2)c1. The van der Waals surface area contributed by atoms with Crippen molar-refractivity contribution in [3.05, 3.63) is 59.5 Å². The Morgan fingerprint density at radius 3 is 2.44 bits per heavy atom. The van der Waals surface area contributed by atoms with Gasteiger partial charge in [-0.2, -0.15) is 0 Å². The van der Waals surface area contributed by atoms with Crippen molar-refractivity contribution >= 4 is 23.5 Å². The number of halogens is 1. The number of carbonyl (C=O) groups is 3. The van der Waals surface area contributed by atoms with Crippen molar-refractivity contribution in [1.29, 1.82) is 0 Å². The molecule has 0 radical (unpaired) electrons. The predicted octanol–water partition coefficient (Wildman–Crippen LogP) is 3.19. The first kappa shape index (κ1) is 23.9. The summed E-state index contributed by atoms with van der Waals surface area (Å²) < 4.78 is 13.1. The molecule has 2 aromatic rings. The molecule has 0 saturated carbocycles. The molecule has 34 heavy (non-hydrogen) atoms. The average molecular weight is 467 g/mol. The van der Waals surface area contributed by atoms with Crippen LogP contribution < -0.4 is 5.32 Å². The Labute approximate surface area is 199 Å². The van der Waals surface area contributed by atoms with Crippen LogP contribution in [-0.2, 0) is 20.8 Å². The highest BCUT2D eigenvalue weighted by molar-refractivity contribution is 5.92. The third kappa shape index (κ3) is 5.98. The second kappa shape index (κ2) is 10.8. The van der Waals surface area contributed by atoms with Gasteiger partial charge in [-0.25, -0.2) is 9.37 Å². The number of piperidine rings is 2. The van der Waals surface area contributed by atoms with Crippen molar-refractivity contribution in [2.75, 3.05) is 31.5 Å². The van der Waals surface area contributed by atoms with Crippen molar-refractivity contribution in [3.8, 4) is 0 Å². The molecular weight excluding hydrogens is 435 g/mol. The maximum atomic E-state index is 13.2. The van der Waals surface area contributed by atoms with E-state index in [9.17, 15) is 18.8 Å². The highest BCUT2D eigenvalue weighted by Gasteiger charge is 2.34. The highest BCUT2D eigenvalue weighted by atomic mass is 19.1. The summed E-state index contributed by atoms with van der Waals surface area (Å²) in [6.07, 6.45) is 4.65. The molecule has 7 nitrogen and oxygen atoms in total. The van der Waals surface area contributed by atoms with Crippen LogP contribution in [0.1, 0.15) is 36.8 Å². The number of pyridine rings is 1. The fourth-order valence-corrected chi connectivity index (χ4v) is 4.75. The number of nitrogens with one attached hydrogen (secondary N) is 1. The number of hydrogen-bond donors (Lipinski definition) is 1. The zero-order valence-electron chi connectivity index (χ0n) is 19.5. The van der Waals surface area contributed by atoms with Crippen LogP contribution in [0.4, 0.5) is 10.2 Å². The Kier molecular flexibility index (Phi) is 7.55. The number of aryl methyl sites for hydroxylation is 1. The quantitative estimate of drug-likeness (QED) is 0.734. The third-order valence-corrected chi connectivity index (χ3v) is 6.74. The van der Waals surface area contributed by atoms with E-state index in [-0.39, 0.29) is 41.8 Å². The minimum Gasteiger partial charge on any atom is -0.342 e. The molecule has 8 heteroatoms. The van der Waals surface area contributed by atoms with Gasteiger partial charge in [-0.3, -0.25) is 14.4 Å². The van der Waals surface area contributed by atoms with E-state index in [1.807, 2.05) is 24.0 Å². The molecule has 1 aromatic carbocycles. The fraction of sp³-hybridized carbons (Fsp3) is 0.462. The van der Waals surface area contributed by atoms with Crippen LogP contribution in [-0.4, -0.2) is 58.7 Å². The molecule has 0 aliphatic carbocycles. The van der Waals surface area contributed by atoms with Gasteiger partial charge in [-0.1, -0.05) is 12.1 Å². The molecular formula is C26H31FN4O3. The molecule has 0 bridgehead atoms. The van der Waals surface area contributed by atoms with Gasteiger partial charge in [0.05, 0.1) is 12.3 Å². The molecule has 0 spiro atoms. The van der Waals surface area contributed by atoms with Crippen molar-refractivity contribution < 1.29 is 18.8 Å². The number of amides is 3. The van der Waals surface area contributed by atoms with E-state index in [2.05, 4.69) is 10.3 Å². The standard InChI is InChI=1S/C26H31FN4O3/c1-18-8-11-28-23(15-18)29-25(33)20-9-13-30(14-10-20)26(34)21-3-2-12-31(17-21)24(32)16-19-4-6-22(27)7-5-19/h4-8,11,15,20-21H,2-3,9-10,12-14,16-17H2,1H3,(H,28,29,33). The Hall–Kier alpha value is -3.29. The molecule has 1 aromatic heterocycles. The van der Waals surface area contributed by atoms with Crippen molar-refractivity contribution in [2.24, 2.45) is 11.8 Å². The molecule has 2 aliphatic rings. The topological polar surface area (TPSA) is 82.6 Å². The van der Waals surface area contributed by atoms with Crippen molar-refractivity contribution in [1.82, 2.24) is 14.8 Å². The van der Waals surface area contributed by atoms with E-state index in [0.29, 0.717) is 44.8 Å². The lowest BCUT2D eigenvalue weighted by molar-refractivity contribution is -0.142. The Bertz CT molecular complexity index is 1030. The molecule has 180 valence electrons. The van der Waals surface area contributed by atoms with E-state index in [0.717, 1.165) is 24.0 Å². The van der Waals surface area contributed by atoms with E-state index >= 15 is 0 Å². The van der Waals surface area contributed by atoms with Gasteiger partial charge in [0, 0.05) is 38.3 Å². The molecule has 2 fully saturated rings. The zero-order valence-corrected chi connectivity index (χ0v) is 19.5. The van der Waals surface area contributed by atoms with Crippen LogP contribution in [0, 0.1) is 24.6 Å². The van der Waals surface area contributed by atoms with Gasteiger partial charge in [0.2, 0.25) is 17.7 Å². The average Bonchev–Trinajstić information content (AvgIpc) is 2.85. The molecule has 3 amide bonds. The number of likely N-dealkylation sites (tertiary alicyclic amines) is 2. The van der Waals surface area contributed by atoms with Crippen molar-refractivity contribution in [3.63, 3.8) is 0 Å². The molecule has 4 rings (SSSR count). The largest absolute Gasteiger partial charge is 0.342 e. The van der Waals surface area contributed by atoms with Crippen LogP contribution in [0.2, 0.25) is 0 Å². The van der Waals surface area contributed by atoms with Crippen LogP contribution in [0.25, 0.3) is 0 Å². The number of aromatic nitrogens is 1. The summed E-state index contributed by atoms with van der Waals surface area (Å²) in [6.45, 7) is 4.08. The molecule has 1 N–H and O–H groups in total. The van der Waals surface area contributed by atoms with Crippen molar-refractivity contribution in [2.45, 2.75) is 39.0 Å². The van der Waals surface area contributed by atoms with Gasteiger partial charge < -0.3 is 15.1 Å². The molecule has 2 aliphatic heterocycles. The summed E-state index contributed by atoms with van der Waals surface area (Å²) in [6, 6.07) is 9.66. The second-order valence-corrected chi connectivity index (χ2v) is 9.29. The van der Waals surface area contributed by atoms with Gasteiger partial charge in [0.25, 0.3) is 0 Å². The smallest absolute Gasteiger partial charge is 0.228 e. The third-order valence-electron chi connectivity index (χ3n) is 6.74. The Balaban J connectivity index is 1.26. The lowest BCUT2D eigenvalue weighted by Gasteiger charge is -2.37. The van der Waals surface area contributed by atoms with E-state index in [1.165, 1.54) is 12.1 Å². The molecule has 2 saturated heterocycles. The van der Waals surface area contributed by atoms with Gasteiger partial charge in [0.1, 0.15) is 11.6 Å². The predicted molar refractivity (Wildman–Crippen MR) is 126 cm³/mol. The summed E-state index contributed by atoms with van der Waals surface area (Å²) in [5.41, 5.74) is 1.80. The minimum atomic E-state index is -0.326. The summed E-state index contributed by atoms with van der Waals surface area (Å²) in [5, 5.41) is 2.88. The summed E-state index contributed by atoms with van der Waals surface area (Å²) in [5.74, 6) is -0.161. The Morgan fingerprint density at radius 2 is 1.74 bits per heavy atom. The molecule has 1 atom stereocenters. The van der Waals surface area contributed by atoms with Gasteiger partial charge >= 0.3 is 0 Å². The van der Waals surface area contributed by atoms with Gasteiger partial charge in [0.15, 0.2) is 0 Å². The number of rotatable bonds is 5. The van der Waals surface area contributed by atoms with Gasteiger partial charge in [-0.05, 0) is 68.0 Å². The first-order chi connectivity index (χ1) is 16.4. The zero-order chi connectivity index (χ0) is 24.1. The maximum absolute atomic E-state index is 13.2. The first-order valence-corrected chi connectivity index (χ1v) is 11.9. The lowest BCUT2D eigenvalue weighted by Crippen LogP contribution is -2.49. The number of benzene rings is 1. The number of anilines is 1. The van der Waals surface area contributed by atoms with E-state index in [1.54, 1.807) is 23.2 Å². The Morgan fingerprint density at radius 1 is 1.00 bits per heavy atom. The number of nitrogens with zero attached hydrogens (tertiary/aromatic N) is 3. The van der Waals surface area contributed by atoms with Gasteiger partial charge in [-0.15, -0.1) is 0 Å². The second-order valence-electron chi connectivity index (χ2n) is 9.29. The van der Waals surface area contributed by atoms with Crippen LogP contribution in [0.5, 0.6) is 0 Å². The molecule has 1 unspecified atom stereocenters. The monoisotopic (exact) mass is 466 g/mol. The highest BCUT2D eigenvalue weighted by Crippen LogP contribution is 2.24. The summed E-state index contributed by atoms with van der Waals surface area (Å²) >= 11 is 0. The first-order valence-electron chi connectivity index (χ1n) is 11.9. The lowest BCUT2D eigenvalue weighted by atomic mass is 9.92. The number of hydrogen-bond acceptors (Lipinski definition) is 4. The summed E-state index contributed by atoms with van der Waals surface area (Å²) in [4.78, 5) is 46.3. The minimum absolute atomic E-state index is 0.0377. The number of carbonyl (C=O) groups excluding carboxylic acids is 3.